The zero-order valence-corrected chi connectivity index (χ0v) is 17.0. The van der Waals surface area contributed by atoms with E-state index in [-0.39, 0.29) is 24.4 Å². The van der Waals surface area contributed by atoms with Crippen molar-refractivity contribution in [2.75, 3.05) is 0 Å². The van der Waals surface area contributed by atoms with Crippen LogP contribution in [-0.2, 0) is 9.59 Å². The highest BCUT2D eigenvalue weighted by atomic mass is 19.1. The van der Waals surface area contributed by atoms with Crippen molar-refractivity contribution in [2.45, 2.75) is 18.9 Å². The average Bonchev–Trinajstić information content (AvgIpc) is 2.78. The fourth-order valence-electron chi connectivity index (χ4n) is 2.86. The Labute approximate surface area is 183 Å². The molecule has 164 valence electrons. The van der Waals surface area contributed by atoms with Crippen LogP contribution in [0, 0.1) is 5.82 Å². The Kier molecular flexibility index (Phi) is 7.12. The fraction of sp³-hybridized carbons (Fsp3) is 0.130. The van der Waals surface area contributed by atoms with Crippen molar-refractivity contribution in [3.05, 3.63) is 78.2 Å². The Hall–Kier alpha value is -4.27. The molecule has 3 amide bonds. The molecule has 0 saturated heterocycles. The summed E-state index contributed by atoms with van der Waals surface area (Å²) in [6.07, 6.45) is -0.0840. The molecular formula is C23H21FN4O4. The molecule has 9 heteroatoms. The molecule has 0 unspecified atom stereocenters. The van der Waals surface area contributed by atoms with Crippen molar-refractivity contribution in [1.82, 2.24) is 10.3 Å². The van der Waals surface area contributed by atoms with Gasteiger partial charge in [0.05, 0.1) is 5.69 Å². The van der Waals surface area contributed by atoms with Gasteiger partial charge in [-0.25, -0.2) is 9.37 Å². The van der Waals surface area contributed by atoms with Crippen molar-refractivity contribution in [3.8, 4) is 22.8 Å². The second-order valence-corrected chi connectivity index (χ2v) is 6.92. The van der Waals surface area contributed by atoms with Crippen LogP contribution in [-0.4, -0.2) is 28.7 Å². The molecule has 5 N–H and O–H groups in total. The van der Waals surface area contributed by atoms with Gasteiger partial charge in [0.15, 0.2) is 0 Å². The molecule has 3 rings (SSSR count). The standard InChI is InChI=1S/C23H21FN4O4/c24-15-6-10-17(11-7-15)32-16-8-4-14(5-9-16)18-2-1-3-20(27-18)23(31)28-19(22(26)30)12-13-21(25)29/h1-11,19H,12-13H2,(H2,25,29)(H2,26,30)(H,28,31)/t19-/m0/s1. The van der Waals surface area contributed by atoms with E-state index in [0.29, 0.717) is 17.2 Å². The number of benzene rings is 2. The third-order valence-corrected chi connectivity index (χ3v) is 4.51. The Morgan fingerprint density at radius 1 is 0.938 bits per heavy atom. The first-order valence-electron chi connectivity index (χ1n) is 9.71. The van der Waals surface area contributed by atoms with E-state index in [1.165, 1.54) is 30.3 Å². The van der Waals surface area contributed by atoms with E-state index in [1.807, 2.05) is 0 Å². The van der Waals surface area contributed by atoms with Crippen LogP contribution in [0.25, 0.3) is 11.3 Å². The lowest BCUT2D eigenvalue weighted by atomic mass is 10.1. The van der Waals surface area contributed by atoms with Gasteiger partial charge in [-0.15, -0.1) is 0 Å². The minimum absolute atomic E-state index is 0.00557. The number of carbonyl (C=O) groups excluding carboxylic acids is 3. The van der Waals surface area contributed by atoms with Crippen LogP contribution in [0.4, 0.5) is 4.39 Å². The van der Waals surface area contributed by atoms with E-state index >= 15 is 0 Å². The van der Waals surface area contributed by atoms with Gasteiger partial charge in [0.2, 0.25) is 11.8 Å². The molecule has 1 atom stereocenters. The second-order valence-electron chi connectivity index (χ2n) is 6.92. The highest BCUT2D eigenvalue weighted by molar-refractivity contribution is 5.96. The number of hydrogen-bond donors (Lipinski definition) is 3. The van der Waals surface area contributed by atoms with Crippen LogP contribution in [0.15, 0.2) is 66.7 Å². The Balaban J connectivity index is 1.70. The van der Waals surface area contributed by atoms with Gasteiger partial charge >= 0.3 is 0 Å². The topological polar surface area (TPSA) is 137 Å². The smallest absolute Gasteiger partial charge is 0.270 e. The predicted molar refractivity (Wildman–Crippen MR) is 115 cm³/mol. The highest BCUT2D eigenvalue weighted by Gasteiger charge is 2.20. The molecule has 0 saturated carbocycles. The van der Waals surface area contributed by atoms with Crippen LogP contribution in [0.2, 0.25) is 0 Å². The number of nitrogens with one attached hydrogen (secondary N) is 1. The van der Waals surface area contributed by atoms with Crippen LogP contribution >= 0.6 is 0 Å². The molecule has 0 fully saturated rings. The molecular weight excluding hydrogens is 415 g/mol. The second kappa shape index (κ2) is 10.2. The number of amides is 3. The maximum atomic E-state index is 13.0. The van der Waals surface area contributed by atoms with E-state index in [4.69, 9.17) is 16.2 Å². The van der Waals surface area contributed by atoms with Gasteiger partial charge in [0.25, 0.3) is 5.91 Å². The molecule has 0 radical (unpaired) electrons. The molecule has 32 heavy (non-hydrogen) atoms. The SMILES string of the molecule is NC(=O)CC[C@H](NC(=O)c1cccc(-c2ccc(Oc3ccc(F)cc3)cc2)n1)C(N)=O. The monoisotopic (exact) mass is 436 g/mol. The quantitative estimate of drug-likeness (QED) is 0.473. The summed E-state index contributed by atoms with van der Waals surface area (Å²) in [5.41, 5.74) is 11.7. The summed E-state index contributed by atoms with van der Waals surface area (Å²) in [5, 5.41) is 2.48. The Morgan fingerprint density at radius 3 is 2.16 bits per heavy atom. The van der Waals surface area contributed by atoms with Gasteiger partial charge < -0.3 is 21.5 Å². The lowest BCUT2D eigenvalue weighted by Gasteiger charge is -2.14. The normalized spacial score (nSPS) is 11.4. The van der Waals surface area contributed by atoms with Crippen LogP contribution in [0.1, 0.15) is 23.3 Å². The molecule has 0 spiro atoms. The number of hydrogen-bond acceptors (Lipinski definition) is 5. The van der Waals surface area contributed by atoms with Crippen molar-refractivity contribution in [1.29, 1.82) is 0 Å². The number of rotatable bonds is 9. The average molecular weight is 436 g/mol. The molecule has 8 nitrogen and oxygen atoms in total. The van der Waals surface area contributed by atoms with E-state index < -0.39 is 23.8 Å². The van der Waals surface area contributed by atoms with Gasteiger partial charge in [-0.1, -0.05) is 6.07 Å². The molecule has 1 aromatic heterocycles. The Bertz CT molecular complexity index is 1120. The summed E-state index contributed by atoms with van der Waals surface area (Å²) >= 11 is 0. The number of nitrogens with two attached hydrogens (primary N) is 2. The maximum Gasteiger partial charge on any atom is 0.270 e. The van der Waals surface area contributed by atoms with E-state index in [1.54, 1.807) is 36.4 Å². The maximum absolute atomic E-state index is 13.0. The van der Waals surface area contributed by atoms with Crippen molar-refractivity contribution < 1.29 is 23.5 Å². The molecule has 3 aromatic rings. The summed E-state index contributed by atoms with van der Waals surface area (Å²) in [7, 11) is 0. The van der Waals surface area contributed by atoms with Crippen molar-refractivity contribution in [2.24, 2.45) is 11.5 Å². The van der Waals surface area contributed by atoms with Gasteiger partial charge in [-0.2, -0.15) is 0 Å². The molecule has 1 heterocycles. The zero-order chi connectivity index (χ0) is 23.1. The number of aromatic nitrogens is 1. The van der Waals surface area contributed by atoms with Gasteiger partial charge in [-0.05, 0) is 67.1 Å². The first-order valence-corrected chi connectivity index (χ1v) is 9.71. The zero-order valence-electron chi connectivity index (χ0n) is 17.0. The lowest BCUT2D eigenvalue weighted by Crippen LogP contribution is -2.45. The van der Waals surface area contributed by atoms with Crippen LogP contribution < -0.4 is 21.5 Å². The number of ether oxygens (including phenoxy) is 1. The Morgan fingerprint density at radius 2 is 1.56 bits per heavy atom. The summed E-state index contributed by atoms with van der Waals surface area (Å²) in [6, 6.07) is 16.5. The van der Waals surface area contributed by atoms with E-state index in [9.17, 15) is 18.8 Å². The van der Waals surface area contributed by atoms with Gasteiger partial charge in [0.1, 0.15) is 29.1 Å². The molecule has 0 aliphatic heterocycles. The fourth-order valence-corrected chi connectivity index (χ4v) is 2.86. The largest absolute Gasteiger partial charge is 0.457 e. The number of nitrogens with zero attached hydrogens (tertiary/aromatic N) is 1. The predicted octanol–water partition coefficient (Wildman–Crippen LogP) is 2.53. The van der Waals surface area contributed by atoms with Crippen LogP contribution in [0.5, 0.6) is 11.5 Å². The van der Waals surface area contributed by atoms with Crippen molar-refractivity contribution >= 4 is 17.7 Å². The lowest BCUT2D eigenvalue weighted by molar-refractivity contribution is -0.120. The number of halogens is 1. The summed E-state index contributed by atoms with van der Waals surface area (Å²) < 4.78 is 18.7. The third kappa shape index (κ3) is 6.11. The van der Waals surface area contributed by atoms with Crippen molar-refractivity contribution in [3.63, 3.8) is 0 Å². The van der Waals surface area contributed by atoms with Crippen LogP contribution in [0.3, 0.4) is 0 Å². The summed E-state index contributed by atoms with van der Waals surface area (Å²) in [4.78, 5) is 39.4. The molecule has 2 aromatic carbocycles. The van der Waals surface area contributed by atoms with Gasteiger partial charge in [-0.3, -0.25) is 14.4 Å². The number of primary amides is 2. The first-order chi connectivity index (χ1) is 15.3. The van der Waals surface area contributed by atoms with Gasteiger partial charge in [0, 0.05) is 12.0 Å². The number of carbonyl (C=O) groups is 3. The van der Waals surface area contributed by atoms with E-state index in [0.717, 1.165) is 5.56 Å². The number of pyridine rings is 1. The minimum Gasteiger partial charge on any atom is -0.457 e. The van der Waals surface area contributed by atoms with E-state index in [2.05, 4.69) is 10.3 Å². The first kappa shape index (κ1) is 22.4. The third-order valence-electron chi connectivity index (χ3n) is 4.51. The summed E-state index contributed by atoms with van der Waals surface area (Å²) in [5.74, 6) is -1.27. The summed E-state index contributed by atoms with van der Waals surface area (Å²) in [6.45, 7) is 0. The molecule has 0 aliphatic rings. The minimum atomic E-state index is -1.04. The highest BCUT2D eigenvalue weighted by Crippen LogP contribution is 2.25. The molecule has 0 aliphatic carbocycles. The molecule has 0 bridgehead atoms.